The molecule has 0 saturated carbocycles. The summed E-state index contributed by atoms with van der Waals surface area (Å²) in [6.45, 7) is -0.278. The number of hydrogen-bond acceptors (Lipinski definition) is 2. The molecule has 0 fully saturated rings. The van der Waals surface area contributed by atoms with Crippen molar-refractivity contribution in [3.05, 3.63) is 0 Å². The lowest BCUT2D eigenvalue weighted by Gasteiger charge is -1.73. The first-order chi connectivity index (χ1) is 2.27. The van der Waals surface area contributed by atoms with Crippen LogP contribution < -0.4 is 5.73 Å². The van der Waals surface area contributed by atoms with Gasteiger partial charge in [0, 0.05) is 0 Å². The highest BCUT2D eigenvalue weighted by Gasteiger charge is 1.81. The molecule has 0 rings (SSSR count). The maximum absolute atomic E-state index is 9.24. The van der Waals surface area contributed by atoms with Crippen molar-refractivity contribution in [3.63, 3.8) is 0 Å². The van der Waals surface area contributed by atoms with E-state index >= 15 is 0 Å². The highest BCUT2D eigenvalue weighted by molar-refractivity contribution is 5.86. The van der Waals surface area contributed by atoms with Gasteiger partial charge in [0.2, 0.25) is 0 Å². The monoisotopic (exact) mass is 213 g/mol. The van der Waals surface area contributed by atoms with E-state index in [1.807, 2.05) is 0 Å². The fourth-order valence-corrected chi connectivity index (χ4v) is 0. The molecule has 0 atom stereocenters. The van der Waals surface area contributed by atoms with Crippen LogP contribution >= 0.6 is 37.2 Å². The maximum Gasteiger partial charge on any atom is 0.317 e. The fourth-order valence-electron chi connectivity index (χ4n) is 0. The first kappa shape index (κ1) is 32.8. The van der Waals surface area contributed by atoms with Crippen LogP contribution in [0, 0.1) is 0 Å². The van der Waals surface area contributed by atoms with E-state index < -0.39 is 5.97 Å². The number of aliphatic carboxylic acids is 1. The first-order valence-electron chi connectivity index (χ1n) is 1.19. The highest BCUT2D eigenvalue weighted by atomic mass is 35.5. The predicted molar refractivity (Wildman–Crippen MR) is 48.4 cm³/mol. The van der Waals surface area contributed by atoms with E-state index in [2.05, 4.69) is 5.73 Å². The van der Waals surface area contributed by atoms with Crippen molar-refractivity contribution in [1.82, 2.24) is 0 Å². The van der Waals surface area contributed by atoms with Gasteiger partial charge in [-0.15, -0.1) is 37.2 Å². The normalized spacial score (nSPS) is 4.11. The van der Waals surface area contributed by atoms with Crippen LogP contribution in [0.3, 0.4) is 0 Å². The van der Waals surface area contributed by atoms with Crippen molar-refractivity contribution in [2.75, 3.05) is 6.54 Å². The Bertz CT molecular complexity index is 55.1. The molecule has 9 heavy (non-hydrogen) atoms. The number of carboxylic acids is 1. The van der Waals surface area contributed by atoms with Gasteiger partial charge in [0.05, 0.1) is 6.54 Å². The second-order valence-corrected chi connectivity index (χ2v) is 0.598. The molecule has 60 valence electrons. The van der Waals surface area contributed by atoms with E-state index in [4.69, 9.17) is 5.11 Å². The van der Waals surface area contributed by atoms with E-state index in [0.717, 1.165) is 0 Å². The Kier molecular flexibility index (Phi) is 84.7. The number of carboxylic acid groups (broad SMARTS) is 1. The van der Waals surface area contributed by atoms with Gasteiger partial charge in [0.25, 0.3) is 0 Å². The first-order valence-corrected chi connectivity index (χ1v) is 1.19. The number of halogens is 3. The molecule has 0 aromatic rings. The van der Waals surface area contributed by atoms with Gasteiger partial charge in [-0.05, 0) is 0 Å². The maximum atomic E-state index is 9.24. The molecule has 0 radical (unpaired) electrons. The van der Waals surface area contributed by atoms with E-state index in [9.17, 15) is 4.79 Å². The minimum Gasteiger partial charge on any atom is -0.480 e. The van der Waals surface area contributed by atoms with Gasteiger partial charge in [-0.1, -0.05) is 0 Å². The zero-order chi connectivity index (χ0) is 4.28. The lowest BCUT2D eigenvalue weighted by atomic mass is 10.7. The molecule has 3 N–H and O–H groups in total. The average Bonchev–Trinajstić information content (AvgIpc) is 1.38. The van der Waals surface area contributed by atoms with Crippen molar-refractivity contribution in [2.45, 2.75) is 0 Å². The van der Waals surface area contributed by atoms with Gasteiger partial charge in [-0.25, -0.2) is 0 Å². The molecule has 0 aromatic carbocycles. The van der Waals surface area contributed by atoms with E-state index in [-0.39, 0.29) is 61.1 Å². The highest BCUT2D eigenvalue weighted by Crippen LogP contribution is 1.43. The van der Waals surface area contributed by atoms with Gasteiger partial charge in [0.15, 0.2) is 17.4 Å². The second kappa shape index (κ2) is 23.2. The van der Waals surface area contributed by atoms with Crippen molar-refractivity contribution < 1.29 is 9.90 Å². The predicted octanol–water partition coefficient (Wildman–Crippen LogP) is -0.889. The molecule has 0 unspecified atom stereocenters. The molecule has 0 spiro atoms. The molecular formula is C2H11AlCl3NO2. The minimum absolute atomic E-state index is 0. The SMILES string of the molecule is Cl.Cl.Cl.NCC(=O)O.[AlH3]. The van der Waals surface area contributed by atoms with Gasteiger partial charge in [-0.3, -0.25) is 4.79 Å². The number of nitrogens with two attached hydrogens (primary N) is 1. The summed E-state index contributed by atoms with van der Waals surface area (Å²) in [4.78, 5) is 9.24. The lowest BCUT2D eigenvalue weighted by molar-refractivity contribution is -0.135. The van der Waals surface area contributed by atoms with Gasteiger partial charge < -0.3 is 10.8 Å². The summed E-state index contributed by atoms with van der Waals surface area (Å²) < 4.78 is 0. The Morgan fingerprint density at radius 2 is 1.44 bits per heavy atom. The van der Waals surface area contributed by atoms with Crippen LogP contribution in [0.15, 0.2) is 0 Å². The van der Waals surface area contributed by atoms with Crippen molar-refractivity contribution >= 4 is 60.6 Å². The molecule has 0 saturated heterocycles. The van der Waals surface area contributed by atoms with Gasteiger partial charge in [0.1, 0.15) is 0 Å². The van der Waals surface area contributed by atoms with Crippen molar-refractivity contribution in [1.29, 1.82) is 0 Å². The fraction of sp³-hybridized carbons (Fsp3) is 0.500. The third-order valence-corrected chi connectivity index (χ3v) is 0.175. The summed E-state index contributed by atoms with van der Waals surface area (Å²) in [6.07, 6.45) is 0. The molecule has 0 aliphatic rings. The Morgan fingerprint density at radius 1 is 1.33 bits per heavy atom. The molecule has 0 aliphatic carbocycles. The summed E-state index contributed by atoms with van der Waals surface area (Å²) in [5.74, 6) is -0.968. The Labute approximate surface area is 82.7 Å². The molecule has 0 amide bonds. The Hall–Kier alpha value is 0.832. The summed E-state index contributed by atoms with van der Waals surface area (Å²) in [5, 5.41) is 7.60. The van der Waals surface area contributed by atoms with Crippen LogP contribution in [0.1, 0.15) is 0 Å². The molecule has 0 heterocycles. The third-order valence-electron chi connectivity index (χ3n) is 0.175. The van der Waals surface area contributed by atoms with E-state index in [1.54, 1.807) is 0 Å². The zero-order valence-electron chi connectivity index (χ0n) is 3.86. The van der Waals surface area contributed by atoms with Crippen LogP contribution in [-0.4, -0.2) is 35.0 Å². The number of carbonyl (C=O) groups is 1. The van der Waals surface area contributed by atoms with Crippen molar-refractivity contribution in [3.8, 4) is 0 Å². The summed E-state index contributed by atoms with van der Waals surface area (Å²) in [5.41, 5.74) is 4.57. The van der Waals surface area contributed by atoms with Crippen LogP contribution in [0.25, 0.3) is 0 Å². The summed E-state index contributed by atoms with van der Waals surface area (Å²) in [6, 6.07) is 0. The largest absolute Gasteiger partial charge is 0.480 e. The molecule has 0 aromatic heterocycles. The molecule has 0 bridgehead atoms. The standard InChI is InChI=1S/C2H5NO2.Al.3ClH.3H/c3-1-2(4)5;;;;;;;/h1,3H2,(H,4,5);;3*1H;;;. The number of hydrogen-bond donors (Lipinski definition) is 2. The third kappa shape index (κ3) is 51.4. The van der Waals surface area contributed by atoms with Crippen LogP contribution in [0.5, 0.6) is 0 Å². The lowest BCUT2D eigenvalue weighted by Crippen LogP contribution is -2.10. The number of rotatable bonds is 1. The molecule has 0 aliphatic heterocycles. The van der Waals surface area contributed by atoms with E-state index in [0.29, 0.717) is 0 Å². The van der Waals surface area contributed by atoms with Crippen LogP contribution in [-0.2, 0) is 4.79 Å². The minimum atomic E-state index is -0.968. The topological polar surface area (TPSA) is 63.3 Å². The molecule has 7 heteroatoms. The summed E-state index contributed by atoms with van der Waals surface area (Å²) >= 11 is 0. The van der Waals surface area contributed by atoms with Gasteiger partial charge >= 0.3 is 5.97 Å². The Balaban J connectivity index is -0.0000000133. The Morgan fingerprint density at radius 3 is 1.44 bits per heavy atom. The van der Waals surface area contributed by atoms with Gasteiger partial charge in [-0.2, -0.15) is 0 Å². The van der Waals surface area contributed by atoms with Crippen LogP contribution in [0.2, 0.25) is 0 Å². The smallest absolute Gasteiger partial charge is 0.317 e. The van der Waals surface area contributed by atoms with E-state index in [1.165, 1.54) is 0 Å². The quantitative estimate of drug-likeness (QED) is 0.557. The second-order valence-electron chi connectivity index (χ2n) is 0.598. The zero-order valence-corrected chi connectivity index (χ0v) is 6.31. The van der Waals surface area contributed by atoms with Crippen LogP contribution in [0.4, 0.5) is 0 Å². The molecular weight excluding hydrogens is 203 g/mol. The molecule has 3 nitrogen and oxygen atoms in total. The average molecular weight is 214 g/mol. The summed E-state index contributed by atoms with van der Waals surface area (Å²) in [7, 11) is 0. The van der Waals surface area contributed by atoms with Crippen molar-refractivity contribution in [2.24, 2.45) is 5.73 Å².